The molecule has 1 amide bonds. The topological polar surface area (TPSA) is 79.8 Å². The van der Waals surface area contributed by atoms with Crippen molar-refractivity contribution in [3.05, 3.63) is 83.4 Å². The normalized spacial score (nSPS) is 15.7. The second-order valence-corrected chi connectivity index (χ2v) is 12.3. The Morgan fingerprint density at radius 3 is 2.43 bits per heavy atom. The van der Waals surface area contributed by atoms with Crippen LogP contribution in [0.5, 0.6) is 0 Å². The summed E-state index contributed by atoms with van der Waals surface area (Å²) in [7, 11) is -2.26. The highest BCUT2D eigenvalue weighted by Crippen LogP contribution is 2.33. The Labute approximate surface area is 221 Å². The Morgan fingerprint density at radius 2 is 1.76 bits per heavy atom. The third-order valence-corrected chi connectivity index (χ3v) is 9.60. The molecule has 1 aromatic heterocycles. The predicted octanol–water partition coefficient (Wildman–Crippen LogP) is 5.56. The number of carbonyl (C=O) groups is 1. The molecule has 5 rings (SSSR count). The molecule has 0 N–H and O–H groups in total. The number of hydrogen-bond donors (Lipinski definition) is 0. The minimum Gasteiger partial charge on any atom is -0.376 e. The van der Waals surface area contributed by atoms with E-state index in [1.54, 1.807) is 41.3 Å². The van der Waals surface area contributed by atoms with Crippen LogP contribution in [0, 0.1) is 13.8 Å². The van der Waals surface area contributed by atoms with Crippen LogP contribution in [0.1, 0.15) is 34.3 Å². The fourth-order valence-corrected chi connectivity index (χ4v) is 6.63. The van der Waals surface area contributed by atoms with E-state index in [9.17, 15) is 13.2 Å². The molecule has 7 nitrogen and oxygen atoms in total. The third kappa shape index (κ3) is 5.12. The highest BCUT2D eigenvalue weighted by Gasteiger charge is 2.28. The number of ether oxygens (including phenoxy) is 1. The van der Waals surface area contributed by atoms with Crippen LogP contribution in [0.25, 0.3) is 10.2 Å². The zero-order chi connectivity index (χ0) is 26.2. The number of aryl methyl sites for hydroxylation is 2. The maximum absolute atomic E-state index is 13.7. The third-order valence-electron chi connectivity index (χ3n) is 6.76. The summed E-state index contributed by atoms with van der Waals surface area (Å²) in [6.45, 7) is 5.20. The van der Waals surface area contributed by atoms with Crippen LogP contribution >= 0.6 is 11.3 Å². The van der Waals surface area contributed by atoms with Gasteiger partial charge >= 0.3 is 0 Å². The summed E-state index contributed by atoms with van der Waals surface area (Å²) < 4.78 is 34.4. The number of fused-ring (bicyclic) bond motifs is 1. The van der Waals surface area contributed by atoms with E-state index >= 15 is 0 Å². The average Bonchev–Trinajstić information content (AvgIpc) is 3.57. The number of sulfonamides is 1. The summed E-state index contributed by atoms with van der Waals surface area (Å²) in [5, 5.41) is 0.612. The molecule has 2 heterocycles. The molecule has 1 atom stereocenters. The van der Waals surface area contributed by atoms with Gasteiger partial charge in [0, 0.05) is 19.2 Å². The molecule has 0 aliphatic carbocycles. The predicted molar refractivity (Wildman–Crippen MR) is 148 cm³/mol. The van der Waals surface area contributed by atoms with Crippen molar-refractivity contribution in [2.24, 2.45) is 0 Å². The molecule has 1 aliphatic rings. The molecule has 0 saturated carbocycles. The quantitative estimate of drug-likeness (QED) is 0.309. The van der Waals surface area contributed by atoms with Gasteiger partial charge in [-0.1, -0.05) is 29.5 Å². The number of anilines is 2. The maximum atomic E-state index is 13.7. The minimum atomic E-state index is -3.77. The Kier molecular flexibility index (Phi) is 7.02. The standard InChI is InChI=1S/C28H29N3O4S2/c1-19-16-25-26(17-20(19)2)36-28(29-25)31(18-23-10-7-15-35-23)27(32)21-11-13-24(14-12-21)37(33,34)30(3)22-8-5-4-6-9-22/h4-6,8-9,11-14,16-17,23H,7,10,15,18H2,1-3H3. The number of amides is 1. The molecular weight excluding hydrogens is 506 g/mol. The van der Waals surface area contributed by atoms with Crippen molar-refractivity contribution in [1.29, 1.82) is 0 Å². The fraction of sp³-hybridized carbons (Fsp3) is 0.286. The van der Waals surface area contributed by atoms with Crippen molar-refractivity contribution >= 4 is 48.3 Å². The van der Waals surface area contributed by atoms with Gasteiger partial charge in [-0.2, -0.15) is 0 Å². The smallest absolute Gasteiger partial charge is 0.264 e. The molecule has 1 fully saturated rings. The number of nitrogens with zero attached hydrogens (tertiary/aromatic N) is 3. The summed E-state index contributed by atoms with van der Waals surface area (Å²) >= 11 is 1.48. The number of carbonyl (C=O) groups excluding carboxylic acids is 1. The maximum Gasteiger partial charge on any atom is 0.264 e. The van der Waals surface area contributed by atoms with Crippen molar-refractivity contribution in [1.82, 2.24) is 4.98 Å². The number of aromatic nitrogens is 1. The molecule has 3 aromatic carbocycles. The van der Waals surface area contributed by atoms with Gasteiger partial charge in [-0.25, -0.2) is 13.4 Å². The van der Waals surface area contributed by atoms with E-state index in [-0.39, 0.29) is 16.9 Å². The first-order valence-corrected chi connectivity index (χ1v) is 14.4. The number of thiazole rings is 1. The first kappa shape index (κ1) is 25.4. The average molecular weight is 536 g/mol. The van der Waals surface area contributed by atoms with Gasteiger partial charge in [0.2, 0.25) is 0 Å². The molecule has 9 heteroatoms. The van der Waals surface area contributed by atoms with Gasteiger partial charge in [0.1, 0.15) is 0 Å². The molecule has 37 heavy (non-hydrogen) atoms. The van der Waals surface area contributed by atoms with E-state index < -0.39 is 10.0 Å². The van der Waals surface area contributed by atoms with Crippen molar-refractivity contribution in [3.63, 3.8) is 0 Å². The lowest BCUT2D eigenvalue weighted by Gasteiger charge is -2.23. The van der Waals surface area contributed by atoms with Crippen molar-refractivity contribution in [2.45, 2.75) is 37.7 Å². The van der Waals surface area contributed by atoms with Crippen LogP contribution in [0.2, 0.25) is 0 Å². The van der Waals surface area contributed by atoms with Gasteiger partial charge in [-0.15, -0.1) is 0 Å². The van der Waals surface area contributed by atoms with E-state index in [2.05, 4.69) is 13.0 Å². The largest absolute Gasteiger partial charge is 0.376 e. The van der Waals surface area contributed by atoms with Crippen LogP contribution in [-0.2, 0) is 14.8 Å². The van der Waals surface area contributed by atoms with Gasteiger partial charge in [-0.05, 0) is 86.3 Å². The first-order valence-electron chi connectivity index (χ1n) is 12.2. The molecule has 0 spiro atoms. The zero-order valence-electron chi connectivity index (χ0n) is 21.0. The van der Waals surface area contributed by atoms with Crippen LogP contribution in [0.3, 0.4) is 0 Å². The fourth-order valence-electron chi connectivity index (χ4n) is 4.38. The summed E-state index contributed by atoms with van der Waals surface area (Å²) in [6.07, 6.45) is 1.79. The van der Waals surface area contributed by atoms with E-state index in [0.29, 0.717) is 29.5 Å². The Morgan fingerprint density at radius 1 is 1.05 bits per heavy atom. The molecule has 1 unspecified atom stereocenters. The Hall–Kier alpha value is -3.27. The van der Waals surface area contributed by atoms with Gasteiger partial charge < -0.3 is 4.74 Å². The van der Waals surface area contributed by atoms with Crippen LogP contribution in [0.15, 0.2) is 71.6 Å². The van der Waals surface area contributed by atoms with Crippen LogP contribution in [0.4, 0.5) is 10.8 Å². The monoisotopic (exact) mass is 535 g/mol. The second kappa shape index (κ2) is 10.2. The molecule has 4 aromatic rings. The number of hydrogen-bond acceptors (Lipinski definition) is 6. The van der Waals surface area contributed by atoms with Gasteiger partial charge in [0.05, 0.1) is 33.4 Å². The van der Waals surface area contributed by atoms with E-state index in [1.165, 1.54) is 40.4 Å². The lowest BCUT2D eigenvalue weighted by Crippen LogP contribution is -2.37. The highest BCUT2D eigenvalue weighted by atomic mass is 32.2. The molecule has 1 aliphatic heterocycles. The second-order valence-electron chi connectivity index (χ2n) is 9.28. The first-order chi connectivity index (χ1) is 17.7. The van der Waals surface area contributed by atoms with Crippen molar-refractivity contribution in [2.75, 3.05) is 29.4 Å². The van der Waals surface area contributed by atoms with E-state index in [4.69, 9.17) is 9.72 Å². The molecule has 0 radical (unpaired) electrons. The molecule has 1 saturated heterocycles. The molecule has 192 valence electrons. The highest BCUT2D eigenvalue weighted by molar-refractivity contribution is 7.92. The van der Waals surface area contributed by atoms with Crippen LogP contribution in [-0.4, -0.2) is 45.6 Å². The summed E-state index contributed by atoms with van der Waals surface area (Å²) in [5.74, 6) is -0.233. The Bertz CT molecular complexity index is 1490. The number of benzene rings is 3. The summed E-state index contributed by atoms with van der Waals surface area (Å²) in [5.41, 5.74) is 4.15. The van der Waals surface area contributed by atoms with Gasteiger partial charge in [-0.3, -0.25) is 14.0 Å². The van der Waals surface area contributed by atoms with Crippen molar-refractivity contribution in [3.8, 4) is 0 Å². The van der Waals surface area contributed by atoms with E-state index in [0.717, 1.165) is 28.6 Å². The Balaban J connectivity index is 1.45. The van der Waals surface area contributed by atoms with Gasteiger partial charge in [0.25, 0.3) is 15.9 Å². The minimum absolute atomic E-state index is 0.0568. The van der Waals surface area contributed by atoms with E-state index in [1.807, 2.05) is 19.1 Å². The number of para-hydroxylation sites is 1. The lowest BCUT2D eigenvalue weighted by molar-refractivity contribution is 0.0917. The molecule has 0 bridgehead atoms. The number of rotatable bonds is 7. The lowest BCUT2D eigenvalue weighted by atomic mass is 10.1. The summed E-state index contributed by atoms with van der Waals surface area (Å²) in [4.78, 5) is 20.3. The van der Waals surface area contributed by atoms with Crippen molar-refractivity contribution < 1.29 is 17.9 Å². The molecular formula is C28H29N3O4S2. The van der Waals surface area contributed by atoms with Gasteiger partial charge in [0.15, 0.2) is 5.13 Å². The summed E-state index contributed by atoms with van der Waals surface area (Å²) in [6, 6.07) is 19.1. The zero-order valence-corrected chi connectivity index (χ0v) is 22.7. The van der Waals surface area contributed by atoms with Crippen LogP contribution < -0.4 is 9.21 Å². The SMILES string of the molecule is Cc1cc2nc(N(CC3CCCO3)C(=O)c3ccc(S(=O)(=O)N(C)c4ccccc4)cc3)sc2cc1C.